The molecule has 2 aromatic rings. The summed E-state index contributed by atoms with van der Waals surface area (Å²) in [5, 5.41) is 57.4. The molecule has 2 aromatic carbocycles. The standard InChI is InChI=1S/C38H42N4O6.2ClH/c1-3-15-41-17-13-35-29-21-5-7-25(43)31(29)47-33(35)23(9-11-37(35,45)27(41)19-21)39-40-24-10-12-38(46)28-20-22-6-8-26(44)32-30(22)36(38,34(24)48-32)14-18-42(28)16-4-2;;/h3-8,27-28,33-34,43-46H,1-2,9-20H2;2*1H/t27?,28?,33?,34?,35-,36-,37+,38+;;/m0../s1. The van der Waals surface area contributed by atoms with E-state index >= 15 is 0 Å². The third-order valence-corrected chi connectivity index (χ3v) is 13.8. The van der Waals surface area contributed by atoms with Gasteiger partial charge in [-0.15, -0.1) is 38.0 Å². The maximum atomic E-state index is 12.7. The molecule has 4 bridgehead atoms. The molecule has 2 spiro atoms. The quantitative estimate of drug-likeness (QED) is 0.268. The summed E-state index contributed by atoms with van der Waals surface area (Å²) in [5.41, 5.74) is 1.99. The molecule has 8 atom stereocenters. The lowest BCUT2D eigenvalue weighted by molar-refractivity contribution is -0.164. The number of likely N-dealkylation sites (tertiary alicyclic amines) is 2. The van der Waals surface area contributed by atoms with Crippen molar-refractivity contribution in [3.05, 3.63) is 71.8 Å². The van der Waals surface area contributed by atoms with Crippen LogP contribution in [0.25, 0.3) is 0 Å². The lowest BCUT2D eigenvalue weighted by Gasteiger charge is -2.63. The van der Waals surface area contributed by atoms with E-state index in [1.165, 1.54) is 0 Å². The fraction of sp³-hybridized carbons (Fsp3) is 0.526. The van der Waals surface area contributed by atoms with Crippen LogP contribution in [0.4, 0.5) is 0 Å². The summed E-state index contributed by atoms with van der Waals surface area (Å²) in [6.07, 6.45) is 7.42. The van der Waals surface area contributed by atoms with Crippen LogP contribution in [0.1, 0.15) is 60.8 Å². The molecular weight excluding hydrogens is 679 g/mol. The predicted molar refractivity (Wildman–Crippen MR) is 194 cm³/mol. The van der Waals surface area contributed by atoms with Gasteiger partial charge in [-0.25, -0.2) is 0 Å². The molecule has 4 aliphatic carbocycles. The highest BCUT2D eigenvalue weighted by Gasteiger charge is 2.74. The third kappa shape index (κ3) is 3.75. The van der Waals surface area contributed by atoms with Gasteiger partial charge in [0.25, 0.3) is 0 Å². The van der Waals surface area contributed by atoms with Crippen LogP contribution >= 0.6 is 24.8 Å². The molecule has 2 saturated carbocycles. The number of phenolic OH excluding ortho intramolecular Hbond substituents is 2. The molecule has 12 heteroatoms. The van der Waals surface area contributed by atoms with Crippen molar-refractivity contribution in [3.8, 4) is 23.0 Å². The molecule has 4 unspecified atom stereocenters. The van der Waals surface area contributed by atoms with Crippen LogP contribution in [0, 0.1) is 0 Å². The van der Waals surface area contributed by atoms with E-state index in [1.807, 2.05) is 24.3 Å². The molecule has 10 nitrogen and oxygen atoms in total. The van der Waals surface area contributed by atoms with Crippen LogP contribution in [0.15, 0.2) is 59.8 Å². The van der Waals surface area contributed by atoms with Crippen molar-refractivity contribution in [1.82, 2.24) is 9.80 Å². The first kappa shape index (κ1) is 34.0. The first-order chi connectivity index (χ1) is 23.2. The maximum absolute atomic E-state index is 12.7. The molecule has 8 aliphatic rings. The monoisotopic (exact) mass is 722 g/mol. The van der Waals surface area contributed by atoms with Gasteiger partial charge in [-0.05, 0) is 74.6 Å². The van der Waals surface area contributed by atoms with Crippen molar-refractivity contribution in [1.29, 1.82) is 0 Å². The highest BCUT2D eigenvalue weighted by Crippen LogP contribution is 2.66. The van der Waals surface area contributed by atoms with Crippen LogP contribution in [0.3, 0.4) is 0 Å². The van der Waals surface area contributed by atoms with Gasteiger partial charge in [0.1, 0.15) is 0 Å². The number of phenols is 2. The van der Waals surface area contributed by atoms with Crippen LogP contribution in [0.2, 0.25) is 0 Å². The molecule has 0 aromatic heterocycles. The predicted octanol–water partition coefficient (Wildman–Crippen LogP) is 4.12. The van der Waals surface area contributed by atoms with Gasteiger partial charge >= 0.3 is 0 Å². The van der Waals surface area contributed by atoms with Crippen LogP contribution in [0.5, 0.6) is 23.0 Å². The molecule has 2 saturated heterocycles. The van der Waals surface area contributed by atoms with Gasteiger partial charge in [-0.3, -0.25) is 9.80 Å². The lowest BCUT2D eigenvalue weighted by Crippen LogP contribution is -2.76. The SMILES string of the molecule is C=CCN1CC[C@]23c4c5ccc(O)c4OC2C(=NN=C2CC[C@@]4(O)C6Cc7ccc(O)c8c7[C@@]4(CCN6CC=C)C2O8)CC[C@@]3(O)C1C5.Cl.Cl. The largest absolute Gasteiger partial charge is 0.504 e. The third-order valence-electron chi connectivity index (χ3n) is 13.8. The zero-order valence-corrected chi connectivity index (χ0v) is 29.5. The Bertz CT molecular complexity index is 1750. The Morgan fingerprint density at radius 1 is 0.700 bits per heavy atom. The summed E-state index contributed by atoms with van der Waals surface area (Å²) in [7, 11) is 0. The molecular formula is C38H44Cl2N4O6. The summed E-state index contributed by atoms with van der Waals surface area (Å²) in [4.78, 5) is 4.68. The van der Waals surface area contributed by atoms with E-state index in [0.717, 1.165) is 46.8 Å². The number of hydrogen-bond donors (Lipinski definition) is 4. The normalized spacial score (nSPS) is 39.7. The lowest BCUT2D eigenvalue weighted by atomic mass is 9.48. The van der Waals surface area contributed by atoms with Crippen molar-refractivity contribution in [2.75, 3.05) is 26.2 Å². The van der Waals surface area contributed by atoms with E-state index in [1.54, 1.807) is 12.1 Å². The molecule has 266 valence electrons. The number of halogens is 2. The minimum absolute atomic E-state index is 0. The topological polar surface area (TPSA) is 131 Å². The molecule has 4 aliphatic heterocycles. The minimum Gasteiger partial charge on any atom is -0.504 e. The number of rotatable bonds is 5. The number of benzene rings is 2. The van der Waals surface area contributed by atoms with E-state index in [9.17, 15) is 20.4 Å². The number of nitrogens with zero attached hydrogens (tertiary/aromatic N) is 4. The Balaban J connectivity index is 0.00000180. The van der Waals surface area contributed by atoms with E-state index in [-0.39, 0.29) is 48.4 Å². The van der Waals surface area contributed by atoms with Gasteiger partial charge in [0, 0.05) is 49.4 Å². The Morgan fingerprint density at radius 3 is 1.52 bits per heavy atom. The van der Waals surface area contributed by atoms with Crippen molar-refractivity contribution in [3.63, 3.8) is 0 Å². The Hall–Kier alpha value is -3.12. The number of aliphatic hydroxyl groups is 2. The number of aromatic hydroxyl groups is 2. The molecule has 4 N–H and O–H groups in total. The summed E-state index contributed by atoms with van der Waals surface area (Å²) >= 11 is 0. The van der Waals surface area contributed by atoms with Crippen LogP contribution in [-0.4, -0.2) is 103 Å². The molecule has 4 heterocycles. The van der Waals surface area contributed by atoms with Crippen LogP contribution in [-0.2, 0) is 23.7 Å². The first-order valence-electron chi connectivity index (χ1n) is 17.5. The van der Waals surface area contributed by atoms with Crippen molar-refractivity contribution >= 4 is 36.2 Å². The summed E-state index contributed by atoms with van der Waals surface area (Å²) < 4.78 is 13.3. The number of hydrogen-bond acceptors (Lipinski definition) is 10. The second kappa shape index (κ2) is 11.2. The second-order valence-corrected chi connectivity index (χ2v) is 15.4. The van der Waals surface area contributed by atoms with Gasteiger partial charge in [-0.2, -0.15) is 10.2 Å². The zero-order valence-electron chi connectivity index (χ0n) is 27.9. The van der Waals surface area contributed by atoms with Crippen molar-refractivity contribution < 1.29 is 29.9 Å². The first-order valence-corrected chi connectivity index (χ1v) is 17.5. The highest BCUT2D eigenvalue weighted by molar-refractivity contribution is 5.98. The van der Waals surface area contributed by atoms with E-state index in [0.29, 0.717) is 76.0 Å². The average Bonchev–Trinajstić information content (AvgIpc) is 3.61. The molecule has 0 radical (unpaired) electrons. The minimum atomic E-state index is -1.06. The fourth-order valence-electron chi connectivity index (χ4n) is 12.0. The van der Waals surface area contributed by atoms with E-state index < -0.39 is 34.2 Å². The maximum Gasteiger partial charge on any atom is 0.166 e. The van der Waals surface area contributed by atoms with Gasteiger partial charge in [0.15, 0.2) is 35.2 Å². The highest BCUT2D eigenvalue weighted by atomic mass is 35.5. The zero-order chi connectivity index (χ0) is 32.8. The van der Waals surface area contributed by atoms with Crippen LogP contribution < -0.4 is 9.47 Å². The average molecular weight is 724 g/mol. The molecule has 0 amide bonds. The Kier molecular flexibility index (Phi) is 7.61. The summed E-state index contributed by atoms with van der Waals surface area (Å²) in [5.74, 6) is 1.11. The van der Waals surface area contributed by atoms with Crippen molar-refractivity contribution in [2.45, 2.75) is 97.7 Å². The van der Waals surface area contributed by atoms with Gasteiger partial charge in [-0.1, -0.05) is 24.3 Å². The Morgan fingerprint density at radius 2 is 1.12 bits per heavy atom. The Labute approximate surface area is 304 Å². The summed E-state index contributed by atoms with van der Waals surface area (Å²) in [6, 6.07) is 7.18. The number of ether oxygens (including phenoxy) is 2. The molecule has 10 rings (SSSR count). The summed E-state index contributed by atoms with van der Waals surface area (Å²) in [6.45, 7) is 10.9. The number of piperidine rings is 2. The van der Waals surface area contributed by atoms with E-state index in [2.05, 4.69) is 23.0 Å². The van der Waals surface area contributed by atoms with Gasteiger partial charge < -0.3 is 29.9 Å². The van der Waals surface area contributed by atoms with Gasteiger partial charge in [0.05, 0.1) is 33.5 Å². The molecule has 4 fully saturated rings. The fourth-order valence-corrected chi connectivity index (χ4v) is 12.0. The smallest absolute Gasteiger partial charge is 0.166 e. The second-order valence-electron chi connectivity index (χ2n) is 15.4. The van der Waals surface area contributed by atoms with Gasteiger partial charge in [0.2, 0.25) is 0 Å². The van der Waals surface area contributed by atoms with E-state index in [4.69, 9.17) is 19.7 Å². The van der Waals surface area contributed by atoms with Crippen molar-refractivity contribution in [2.24, 2.45) is 10.2 Å². The molecule has 50 heavy (non-hydrogen) atoms.